The number of fused-ring (bicyclic) bond motifs is 1. The number of hydrogen-bond acceptors (Lipinski definition) is 5. The minimum atomic E-state index is -1.23. The Morgan fingerprint density at radius 2 is 2.08 bits per heavy atom. The SMILES string of the molecule is CCOc1cc2c(cc1NC(=O)c1ccc(C(=O)O)o1)OC(C)C2. The van der Waals surface area contributed by atoms with Gasteiger partial charge < -0.3 is 24.3 Å². The molecule has 0 radical (unpaired) electrons. The van der Waals surface area contributed by atoms with Gasteiger partial charge in [0.15, 0.2) is 5.76 Å². The first-order valence-electron chi connectivity index (χ1n) is 7.58. The van der Waals surface area contributed by atoms with Crippen molar-refractivity contribution in [1.29, 1.82) is 0 Å². The quantitative estimate of drug-likeness (QED) is 0.874. The van der Waals surface area contributed by atoms with Crippen LogP contribution in [0, 0.1) is 0 Å². The Kier molecular flexibility index (Phi) is 4.16. The van der Waals surface area contributed by atoms with Crippen molar-refractivity contribution in [2.24, 2.45) is 0 Å². The van der Waals surface area contributed by atoms with Crippen molar-refractivity contribution in [3.05, 3.63) is 41.3 Å². The average Bonchev–Trinajstić information content (AvgIpc) is 3.13. The van der Waals surface area contributed by atoms with Crippen molar-refractivity contribution in [3.8, 4) is 11.5 Å². The van der Waals surface area contributed by atoms with Crippen LogP contribution in [0.3, 0.4) is 0 Å². The maximum absolute atomic E-state index is 12.3. The highest BCUT2D eigenvalue weighted by atomic mass is 16.5. The molecule has 0 fully saturated rings. The number of benzene rings is 1. The van der Waals surface area contributed by atoms with E-state index in [-0.39, 0.29) is 17.6 Å². The third-order valence-corrected chi connectivity index (χ3v) is 3.59. The van der Waals surface area contributed by atoms with E-state index in [1.165, 1.54) is 12.1 Å². The van der Waals surface area contributed by atoms with E-state index in [4.69, 9.17) is 19.0 Å². The minimum absolute atomic E-state index is 0.0728. The molecule has 1 atom stereocenters. The lowest BCUT2D eigenvalue weighted by atomic mass is 10.1. The number of anilines is 1. The van der Waals surface area contributed by atoms with Crippen LogP contribution in [0.4, 0.5) is 5.69 Å². The van der Waals surface area contributed by atoms with E-state index in [9.17, 15) is 9.59 Å². The smallest absolute Gasteiger partial charge is 0.371 e. The zero-order chi connectivity index (χ0) is 17.3. The number of carboxylic acids is 1. The summed E-state index contributed by atoms with van der Waals surface area (Å²) in [5, 5.41) is 11.5. The number of nitrogens with one attached hydrogen (secondary N) is 1. The summed E-state index contributed by atoms with van der Waals surface area (Å²) >= 11 is 0. The molecule has 2 N–H and O–H groups in total. The third-order valence-electron chi connectivity index (χ3n) is 3.59. The zero-order valence-corrected chi connectivity index (χ0v) is 13.3. The van der Waals surface area contributed by atoms with E-state index in [1.807, 2.05) is 19.9 Å². The average molecular weight is 331 g/mol. The van der Waals surface area contributed by atoms with Crippen LogP contribution in [0.2, 0.25) is 0 Å². The van der Waals surface area contributed by atoms with Gasteiger partial charge in [0, 0.05) is 18.1 Å². The molecule has 24 heavy (non-hydrogen) atoms. The van der Waals surface area contributed by atoms with Crippen LogP contribution >= 0.6 is 0 Å². The van der Waals surface area contributed by atoms with E-state index < -0.39 is 11.9 Å². The molecule has 0 bridgehead atoms. The Bertz CT molecular complexity index is 794. The first kappa shape index (κ1) is 15.9. The molecule has 1 unspecified atom stereocenters. The summed E-state index contributed by atoms with van der Waals surface area (Å²) in [4.78, 5) is 23.1. The number of amides is 1. The van der Waals surface area contributed by atoms with Gasteiger partial charge in [0.2, 0.25) is 5.76 Å². The van der Waals surface area contributed by atoms with Gasteiger partial charge in [-0.05, 0) is 32.0 Å². The number of carboxylic acid groups (broad SMARTS) is 1. The van der Waals surface area contributed by atoms with Crippen molar-refractivity contribution in [2.75, 3.05) is 11.9 Å². The summed E-state index contributed by atoms with van der Waals surface area (Å²) in [5.74, 6) is -0.946. The molecular weight excluding hydrogens is 314 g/mol. The lowest BCUT2D eigenvalue weighted by Crippen LogP contribution is -2.12. The Morgan fingerprint density at radius 1 is 1.33 bits per heavy atom. The predicted molar refractivity (Wildman–Crippen MR) is 85.0 cm³/mol. The Hall–Kier alpha value is -2.96. The molecule has 0 spiro atoms. The number of aromatic carboxylic acids is 1. The van der Waals surface area contributed by atoms with Gasteiger partial charge in [-0.3, -0.25) is 4.79 Å². The largest absolute Gasteiger partial charge is 0.492 e. The van der Waals surface area contributed by atoms with Crippen LogP contribution < -0.4 is 14.8 Å². The monoisotopic (exact) mass is 331 g/mol. The molecule has 0 saturated heterocycles. The summed E-state index contributed by atoms with van der Waals surface area (Å²) in [6.45, 7) is 4.26. The maximum Gasteiger partial charge on any atom is 0.371 e. The summed E-state index contributed by atoms with van der Waals surface area (Å²) in [5.41, 5.74) is 1.47. The Labute approximate surface area is 138 Å². The van der Waals surface area contributed by atoms with Crippen molar-refractivity contribution >= 4 is 17.6 Å². The molecule has 3 rings (SSSR count). The van der Waals surface area contributed by atoms with Gasteiger partial charge >= 0.3 is 5.97 Å². The van der Waals surface area contributed by atoms with E-state index in [0.717, 1.165) is 12.0 Å². The highest BCUT2D eigenvalue weighted by molar-refractivity contribution is 6.04. The molecule has 2 aromatic rings. The topological polar surface area (TPSA) is 98.0 Å². The second kappa shape index (κ2) is 6.27. The normalized spacial score (nSPS) is 15.5. The summed E-state index contributed by atoms with van der Waals surface area (Å²) in [7, 11) is 0. The molecule has 1 amide bonds. The van der Waals surface area contributed by atoms with Gasteiger partial charge in [0.05, 0.1) is 12.3 Å². The minimum Gasteiger partial charge on any atom is -0.492 e. The standard InChI is InChI=1S/C17H17NO6/c1-3-22-15-7-10-6-9(2)23-14(10)8-11(15)18-16(19)12-4-5-13(24-12)17(20)21/h4-5,7-9H,3,6H2,1-2H3,(H,18,19)(H,20,21). The lowest BCUT2D eigenvalue weighted by Gasteiger charge is -2.13. The molecule has 1 aromatic carbocycles. The maximum atomic E-state index is 12.3. The molecular formula is C17H17NO6. The number of hydrogen-bond donors (Lipinski definition) is 2. The third kappa shape index (κ3) is 3.05. The van der Waals surface area contributed by atoms with E-state index >= 15 is 0 Å². The fourth-order valence-electron chi connectivity index (χ4n) is 2.57. The number of rotatable bonds is 5. The van der Waals surface area contributed by atoms with Crippen molar-refractivity contribution in [3.63, 3.8) is 0 Å². The molecule has 2 heterocycles. The Morgan fingerprint density at radius 3 is 2.75 bits per heavy atom. The molecule has 126 valence electrons. The first-order valence-corrected chi connectivity index (χ1v) is 7.58. The van der Waals surface area contributed by atoms with Gasteiger partial charge in [-0.25, -0.2) is 4.79 Å². The highest BCUT2D eigenvalue weighted by Gasteiger charge is 2.23. The molecule has 0 aliphatic carbocycles. The van der Waals surface area contributed by atoms with E-state index in [1.54, 1.807) is 6.07 Å². The second-order valence-corrected chi connectivity index (χ2v) is 5.44. The van der Waals surface area contributed by atoms with Gasteiger partial charge in [0.1, 0.15) is 17.6 Å². The molecule has 1 aliphatic rings. The lowest BCUT2D eigenvalue weighted by molar-refractivity contribution is 0.0660. The highest BCUT2D eigenvalue weighted by Crippen LogP contribution is 2.38. The van der Waals surface area contributed by atoms with Gasteiger partial charge in [0.25, 0.3) is 5.91 Å². The van der Waals surface area contributed by atoms with Gasteiger partial charge in [-0.2, -0.15) is 0 Å². The molecule has 0 saturated carbocycles. The van der Waals surface area contributed by atoms with Gasteiger partial charge in [-0.1, -0.05) is 0 Å². The predicted octanol–water partition coefficient (Wildman–Crippen LogP) is 2.95. The number of ether oxygens (including phenoxy) is 2. The van der Waals surface area contributed by atoms with E-state index in [2.05, 4.69) is 5.32 Å². The van der Waals surface area contributed by atoms with Crippen LogP contribution in [0.25, 0.3) is 0 Å². The van der Waals surface area contributed by atoms with E-state index in [0.29, 0.717) is 23.8 Å². The van der Waals surface area contributed by atoms with Crippen molar-refractivity contribution < 1.29 is 28.6 Å². The summed E-state index contributed by atoms with van der Waals surface area (Å²) in [6, 6.07) is 6.10. The molecule has 1 aromatic heterocycles. The zero-order valence-electron chi connectivity index (χ0n) is 13.3. The van der Waals surface area contributed by atoms with Crippen LogP contribution in [0.15, 0.2) is 28.7 Å². The van der Waals surface area contributed by atoms with Crippen molar-refractivity contribution in [1.82, 2.24) is 0 Å². The van der Waals surface area contributed by atoms with Crippen LogP contribution in [0.1, 0.15) is 40.5 Å². The van der Waals surface area contributed by atoms with Crippen molar-refractivity contribution in [2.45, 2.75) is 26.4 Å². The molecule has 1 aliphatic heterocycles. The fourth-order valence-corrected chi connectivity index (χ4v) is 2.57. The number of furan rings is 1. The van der Waals surface area contributed by atoms with Crippen LogP contribution in [-0.2, 0) is 6.42 Å². The fraction of sp³-hybridized carbons (Fsp3) is 0.294. The molecule has 7 heteroatoms. The molecule has 7 nitrogen and oxygen atoms in total. The summed E-state index contributed by atoms with van der Waals surface area (Å²) < 4.78 is 16.3. The van der Waals surface area contributed by atoms with Gasteiger partial charge in [-0.15, -0.1) is 0 Å². The Balaban J connectivity index is 1.86. The van der Waals surface area contributed by atoms with Crippen LogP contribution in [-0.4, -0.2) is 29.7 Å². The first-order chi connectivity index (χ1) is 11.5. The number of carbonyl (C=O) groups is 2. The second-order valence-electron chi connectivity index (χ2n) is 5.44. The number of carbonyl (C=O) groups excluding carboxylic acids is 1. The van der Waals surface area contributed by atoms with Crippen LogP contribution in [0.5, 0.6) is 11.5 Å². The summed E-state index contributed by atoms with van der Waals surface area (Å²) in [6.07, 6.45) is 0.854.